The SMILES string of the molecule is CCCCOc1ccc(OCC(=O)N(CCN(CC)CC)c2cccc(OCC)c2)cc1. The third-order valence-electron chi connectivity index (χ3n) is 5.23. The normalized spacial score (nSPS) is 10.8. The molecule has 0 atom stereocenters. The summed E-state index contributed by atoms with van der Waals surface area (Å²) < 4.78 is 17.1. The molecule has 0 aromatic heterocycles. The summed E-state index contributed by atoms with van der Waals surface area (Å²) in [6.45, 7) is 12.9. The number of anilines is 1. The van der Waals surface area contributed by atoms with Gasteiger partial charge in [0.15, 0.2) is 6.61 Å². The van der Waals surface area contributed by atoms with Crippen molar-refractivity contribution in [1.82, 2.24) is 4.90 Å². The van der Waals surface area contributed by atoms with E-state index in [4.69, 9.17) is 14.2 Å². The van der Waals surface area contributed by atoms with Crippen LogP contribution in [0.15, 0.2) is 48.5 Å². The van der Waals surface area contributed by atoms with Crippen molar-refractivity contribution in [2.45, 2.75) is 40.5 Å². The molecule has 0 aliphatic rings. The molecule has 0 spiro atoms. The summed E-state index contributed by atoms with van der Waals surface area (Å²) in [5.41, 5.74) is 0.816. The van der Waals surface area contributed by atoms with Crippen molar-refractivity contribution in [3.05, 3.63) is 48.5 Å². The quantitative estimate of drug-likeness (QED) is 0.363. The lowest BCUT2D eigenvalue weighted by Gasteiger charge is -2.27. The molecule has 32 heavy (non-hydrogen) atoms. The van der Waals surface area contributed by atoms with Gasteiger partial charge in [-0.3, -0.25) is 4.79 Å². The van der Waals surface area contributed by atoms with E-state index in [0.29, 0.717) is 25.5 Å². The van der Waals surface area contributed by atoms with Crippen LogP contribution in [0.2, 0.25) is 0 Å². The summed E-state index contributed by atoms with van der Waals surface area (Å²) >= 11 is 0. The van der Waals surface area contributed by atoms with E-state index in [1.165, 1.54) is 0 Å². The molecule has 6 heteroatoms. The van der Waals surface area contributed by atoms with E-state index in [9.17, 15) is 4.79 Å². The first-order valence-corrected chi connectivity index (χ1v) is 11.7. The Hall–Kier alpha value is -2.73. The summed E-state index contributed by atoms with van der Waals surface area (Å²) in [5.74, 6) is 2.12. The Morgan fingerprint density at radius 3 is 2.12 bits per heavy atom. The van der Waals surface area contributed by atoms with Gasteiger partial charge in [-0.05, 0) is 62.8 Å². The lowest BCUT2D eigenvalue weighted by molar-refractivity contribution is -0.120. The average molecular weight is 443 g/mol. The number of hydrogen-bond acceptors (Lipinski definition) is 5. The molecule has 2 aromatic carbocycles. The number of hydrogen-bond donors (Lipinski definition) is 0. The number of likely N-dealkylation sites (N-methyl/N-ethyl adjacent to an activating group) is 1. The van der Waals surface area contributed by atoms with Gasteiger partial charge in [-0.25, -0.2) is 0 Å². The summed E-state index contributed by atoms with van der Waals surface area (Å²) in [4.78, 5) is 17.2. The van der Waals surface area contributed by atoms with Crippen LogP contribution in [0.4, 0.5) is 5.69 Å². The number of ether oxygens (including phenoxy) is 3. The molecular formula is C26H38N2O4. The first-order valence-electron chi connectivity index (χ1n) is 11.7. The smallest absolute Gasteiger partial charge is 0.264 e. The molecule has 0 N–H and O–H groups in total. The molecule has 0 saturated carbocycles. The number of unbranched alkanes of at least 4 members (excludes halogenated alkanes) is 1. The van der Waals surface area contributed by atoms with Gasteiger partial charge in [-0.15, -0.1) is 0 Å². The van der Waals surface area contributed by atoms with Crippen LogP contribution in [-0.2, 0) is 4.79 Å². The molecule has 0 radical (unpaired) electrons. The van der Waals surface area contributed by atoms with Crippen molar-refractivity contribution in [3.8, 4) is 17.2 Å². The highest BCUT2D eigenvalue weighted by atomic mass is 16.5. The molecule has 0 bridgehead atoms. The van der Waals surface area contributed by atoms with E-state index in [-0.39, 0.29) is 12.5 Å². The van der Waals surface area contributed by atoms with Crippen LogP contribution in [0.1, 0.15) is 40.5 Å². The van der Waals surface area contributed by atoms with Crippen molar-refractivity contribution in [2.24, 2.45) is 0 Å². The number of carbonyl (C=O) groups is 1. The Morgan fingerprint density at radius 1 is 0.812 bits per heavy atom. The Kier molecular flexibility index (Phi) is 11.5. The van der Waals surface area contributed by atoms with Crippen LogP contribution in [0, 0.1) is 0 Å². The molecule has 6 nitrogen and oxygen atoms in total. The molecule has 0 aliphatic carbocycles. The summed E-state index contributed by atoms with van der Waals surface area (Å²) in [7, 11) is 0. The van der Waals surface area contributed by atoms with Gasteiger partial charge in [0.2, 0.25) is 0 Å². The van der Waals surface area contributed by atoms with Crippen molar-refractivity contribution < 1.29 is 19.0 Å². The first-order chi connectivity index (χ1) is 15.6. The molecule has 2 rings (SSSR count). The average Bonchev–Trinajstić information content (AvgIpc) is 2.82. The second-order valence-electron chi connectivity index (χ2n) is 7.46. The minimum absolute atomic E-state index is 0.0346. The van der Waals surface area contributed by atoms with E-state index >= 15 is 0 Å². The number of rotatable bonds is 15. The maximum atomic E-state index is 13.1. The number of amides is 1. The highest BCUT2D eigenvalue weighted by Gasteiger charge is 2.18. The monoisotopic (exact) mass is 442 g/mol. The van der Waals surface area contributed by atoms with Gasteiger partial charge in [-0.2, -0.15) is 0 Å². The lowest BCUT2D eigenvalue weighted by atomic mass is 10.2. The summed E-state index contributed by atoms with van der Waals surface area (Å²) in [5, 5.41) is 0. The van der Waals surface area contributed by atoms with Crippen molar-refractivity contribution in [3.63, 3.8) is 0 Å². The highest BCUT2D eigenvalue weighted by Crippen LogP contribution is 2.22. The number of benzene rings is 2. The molecule has 0 fully saturated rings. The van der Waals surface area contributed by atoms with Gasteiger partial charge in [-0.1, -0.05) is 33.3 Å². The molecule has 0 saturated heterocycles. The fourth-order valence-corrected chi connectivity index (χ4v) is 3.28. The summed E-state index contributed by atoms with van der Waals surface area (Å²) in [6, 6.07) is 15.1. The lowest BCUT2D eigenvalue weighted by Crippen LogP contribution is -2.41. The molecular weight excluding hydrogens is 404 g/mol. The third-order valence-corrected chi connectivity index (χ3v) is 5.23. The largest absolute Gasteiger partial charge is 0.494 e. The standard InChI is InChI=1S/C26H38N2O4/c1-5-9-19-31-23-13-15-24(16-14-23)32-21-26(29)28(18-17-27(6-2)7-3)22-11-10-12-25(20-22)30-8-4/h10-16,20H,5-9,17-19,21H2,1-4H3. The maximum absolute atomic E-state index is 13.1. The van der Waals surface area contributed by atoms with Gasteiger partial charge in [0.05, 0.1) is 13.2 Å². The Morgan fingerprint density at radius 2 is 1.50 bits per heavy atom. The second-order valence-corrected chi connectivity index (χ2v) is 7.46. The molecule has 176 valence electrons. The van der Waals surface area contributed by atoms with E-state index in [2.05, 4.69) is 25.7 Å². The highest BCUT2D eigenvalue weighted by molar-refractivity contribution is 5.94. The van der Waals surface area contributed by atoms with E-state index in [0.717, 1.165) is 49.7 Å². The molecule has 2 aromatic rings. The van der Waals surface area contributed by atoms with Crippen LogP contribution >= 0.6 is 0 Å². The van der Waals surface area contributed by atoms with E-state index in [1.54, 1.807) is 4.90 Å². The minimum Gasteiger partial charge on any atom is -0.494 e. The minimum atomic E-state index is -0.0888. The van der Waals surface area contributed by atoms with Gasteiger partial charge in [0, 0.05) is 24.8 Å². The fraction of sp³-hybridized carbons (Fsp3) is 0.500. The van der Waals surface area contributed by atoms with Crippen LogP contribution in [0.3, 0.4) is 0 Å². The zero-order chi connectivity index (χ0) is 23.2. The van der Waals surface area contributed by atoms with Gasteiger partial charge in [0.25, 0.3) is 5.91 Å². The van der Waals surface area contributed by atoms with Crippen LogP contribution < -0.4 is 19.1 Å². The zero-order valence-corrected chi connectivity index (χ0v) is 20.0. The van der Waals surface area contributed by atoms with Gasteiger partial charge in [0.1, 0.15) is 17.2 Å². The van der Waals surface area contributed by atoms with Crippen LogP contribution in [0.5, 0.6) is 17.2 Å². The maximum Gasteiger partial charge on any atom is 0.264 e. The summed E-state index contributed by atoms with van der Waals surface area (Å²) in [6.07, 6.45) is 2.13. The van der Waals surface area contributed by atoms with Crippen LogP contribution in [-0.4, -0.2) is 56.8 Å². The van der Waals surface area contributed by atoms with Crippen molar-refractivity contribution in [2.75, 3.05) is 50.9 Å². The zero-order valence-electron chi connectivity index (χ0n) is 20.0. The Bertz CT molecular complexity index is 791. The first kappa shape index (κ1) is 25.5. The Labute approximate surface area is 193 Å². The Balaban J connectivity index is 2.04. The van der Waals surface area contributed by atoms with Gasteiger partial charge >= 0.3 is 0 Å². The van der Waals surface area contributed by atoms with Crippen molar-refractivity contribution in [1.29, 1.82) is 0 Å². The number of carbonyl (C=O) groups excluding carboxylic acids is 1. The third kappa shape index (κ3) is 8.42. The number of nitrogens with zero attached hydrogens (tertiary/aromatic N) is 2. The van der Waals surface area contributed by atoms with E-state index < -0.39 is 0 Å². The molecule has 0 heterocycles. The predicted molar refractivity (Wildman–Crippen MR) is 130 cm³/mol. The fourth-order valence-electron chi connectivity index (χ4n) is 3.28. The predicted octanol–water partition coefficient (Wildman–Crippen LogP) is 5.02. The van der Waals surface area contributed by atoms with Crippen molar-refractivity contribution >= 4 is 11.6 Å². The van der Waals surface area contributed by atoms with E-state index in [1.807, 2.05) is 55.5 Å². The molecule has 0 unspecified atom stereocenters. The van der Waals surface area contributed by atoms with Gasteiger partial charge < -0.3 is 24.0 Å². The molecule has 1 amide bonds. The van der Waals surface area contributed by atoms with Crippen LogP contribution in [0.25, 0.3) is 0 Å². The topological polar surface area (TPSA) is 51.2 Å². The molecule has 0 aliphatic heterocycles. The second kappa shape index (κ2) is 14.4.